The van der Waals surface area contributed by atoms with Crippen molar-refractivity contribution in [2.75, 3.05) is 0 Å². The summed E-state index contributed by atoms with van der Waals surface area (Å²) in [6.45, 7) is 0. The second-order valence-electron chi connectivity index (χ2n) is 7.67. The van der Waals surface area contributed by atoms with Gasteiger partial charge in [-0.05, 0) is 48.4 Å². The molecule has 8 nitrogen and oxygen atoms in total. The van der Waals surface area contributed by atoms with Gasteiger partial charge in [-0.25, -0.2) is 22.5 Å². The molecule has 0 aliphatic heterocycles. The van der Waals surface area contributed by atoms with Crippen molar-refractivity contribution >= 4 is 26.7 Å². The number of aryl methyl sites for hydroxylation is 1. The van der Waals surface area contributed by atoms with E-state index in [1.165, 1.54) is 35.1 Å². The topological polar surface area (TPSA) is 111 Å². The lowest BCUT2D eigenvalue weighted by atomic mass is 10.0. The van der Waals surface area contributed by atoms with Gasteiger partial charge in [-0.2, -0.15) is 10.2 Å². The minimum Gasteiger partial charge on any atom is -0.294 e. The van der Waals surface area contributed by atoms with Crippen LogP contribution in [0.25, 0.3) is 16.7 Å². The van der Waals surface area contributed by atoms with E-state index in [9.17, 15) is 17.6 Å². The largest absolute Gasteiger partial charge is 0.294 e. The third-order valence-electron chi connectivity index (χ3n) is 5.46. The fraction of sp³-hybridized carbons (Fsp3) is 0.0833. The van der Waals surface area contributed by atoms with Gasteiger partial charge in [0, 0.05) is 42.0 Å². The number of rotatable bonds is 7. The molecular weight excluding hydrogens is 457 g/mol. The van der Waals surface area contributed by atoms with Gasteiger partial charge in [-0.1, -0.05) is 12.1 Å². The first-order valence-electron chi connectivity index (χ1n) is 10.4. The molecule has 0 spiro atoms. The summed E-state index contributed by atoms with van der Waals surface area (Å²) >= 11 is 0. The van der Waals surface area contributed by atoms with Gasteiger partial charge in [-0.3, -0.25) is 9.89 Å². The molecule has 0 unspecified atom stereocenters. The zero-order chi connectivity index (χ0) is 23.7. The van der Waals surface area contributed by atoms with Gasteiger partial charge in [0.25, 0.3) is 0 Å². The lowest BCUT2D eigenvalue weighted by molar-refractivity contribution is 0.0982. The monoisotopic (exact) mass is 475 g/mol. The summed E-state index contributed by atoms with van der Waals surface area (Å²) in [6.07, 6.45) is 6.96. The van der Waals surface area contributed by atoms with Gasteiger partial charge in [-0.15, -0.1) is 0 Å². The van der Waals surface area contributed by atoms with E-state index >= 15 is 0 Å². The molecule has 0 radical (unpaired) electrons. The predicted octanol–water partition coefficient (Wildman–Crippen LogP) is 3.93. The van der Waals surface area contributed by atoms with E-state index in [0.29, 0.717) is 23.3 Å². The number of aromatic nitrogens is 5. The van der Waals surface area contributed by atoms with Crippen molar-refractivity contribution in [2.24, 2.45) is 0 Å². The van der Waals surface area contributed by atoms with Crippen LogP contribution in [0.3, 0.4) is 0 Å². The molecule has 3 heterocycles. The smallest absolute Gasteiger partial charge is 0.209 e. The highest BCUT2D eigenvalue weighted by Crippen LogP contribution is 2.26. The van der Waals surface area contributed by atoms with E-state index in [2.05, 4.69) is 20.3 Å². The number of aromatic amines is 1. The fourth-order valence-corrected chi connectivity index (χ4v) is 4.94. The molecule has 0 atom stereocenters. The second kappa shape index (κ2) is 8.64. The molecule has 0 aliphatic carbocycles. The van der Waals surface area contributed by atoms with Crippen molar-refractivity contribution < 1.29 is 17.6 Å². The fourth-order valence-electron chi connectivity index (χ4n) is 3.63. The summed E-state index contributed by atoms with van der Waals surface area (Å²) < 4.78 is 42.1. The SMILES string of the molecule is O=C(CCc1ccc(S(=O)(=O)c2ccc(-n3cccn3)cc2F)cc1)c1cnc2[nH]ncc2c1. The molecule has 5 aromatic rings. The number of carbonyl (C=O) groups is 1. The Morgan fingerprint density at radius 3 is 2.62 bits per heavy atom. The molecule has 0 saturated carbocycles. The van der Waals surface area contributed by atoms with Crippen molar-refractivity contribution in [2.45, 2.75) is 22.6 Å². The van der Waals surface area contributed by atoms with Crippen LogP contribution in [0.5, 0.6) is 0 Å². The summed E-state index contributed by atoms with van der Waals surface area (Å²) in [5.41, 5.74) is 2.31. The molecular formula is C24H18FN5O3S. The van der Waals surface area contributed by atoms with Crippen molar-refractivity contribution in [1.29, 1.82) is 0 Å². The maximum atomic E-state index is 14.7. The minimum absolute atomic E-state index is 0.0251. The number of sulfone groups is 1. The van der Waals surface area contributed by atoms with Crippen molar-refractivity contribution in [3.05, 3.63) is 96.3 Å². The molecule has 5 rings (SSSR count). The standard InChI is InChI=1S/C24H18FN5O3S/c25-21-13-19(30-11-1-10-28-30)5-9-23(21)34(32,33)20-6-2-16(3-7-20)4-8-22(31)17-12-18-15-27-29-24(18)26-14-17/h1-3,5-7,9-15H,4,8H2,(H,26,27,29). The van der Waals surface area contributed by atoms with Crippen LogP contribution in [0.15, 0.2) is 89.2 Å². The highest BCUT2D eigenvalue weighted by atomic mass is 32.2. The Morgan fingerprint density at radius 1 is 1.06 bits per heavy atom. The number of H-pyrrole nitrogens is 1. The third kappa shape index (κ3) is 4.11. The molecule has 0 amide bonds. The van der Waals surface area contributed by atoms with E-state index < -0.39 is 20.5 Å². The number of ketones is 1. The van der Waals surface area contributed by atoms with Gasteiger partial charge < -0.3 is 0 Å². The first-order valence-corrected chi connectivity index (χ1v) is 11.9. The maximum Gasteiger partial charge on any atom is 0.209 e. The van der Waals surface area contributed by atoms with Crippen LogP contribution in [-0.4, -0.2) is 39.2 Å². The van der Waals surface area contributed by atoms with E-state index in [1.54, 1.807) is 42.9 Å². The molecule has 0 saturated heterocycles. The number of benzene rings is 2. The number of fused-ring (bicyclic) bond motifs is 1. The predicted molar refractivity (Wildman–Crippen MR) is 122 cm³/mol. The summed E-state index contributed by atoms with van der Waals surface area (Å²) in [4.78, 5) is 16.3. The molecule has 170 valence electrons. The Bertz CT molecular complexity index is 1590. The van der Waals surface area contributed by atoms with Gasteiger partial charge in [0.15, 0.2) is 11.4 Å². The first kappa shape index (κ1) is 21.7. The zero-order valence-corrected chi connectivity index (χ0v) is 18.5. The minimum atomic E-state index is -4.05. The molecule has 1 N–H and O–H groups in total. The average Bonchev–Trinajstić information content (AvgIpc) is 3.54. The Balaban J connectivity index is 1.29. The number of hydrogen-bond donors (Lipinski definition) is 1. The third-order valence-corrected chi connectivity index (χ3v) is 7.26. The van der Waals surface area contributed by atoms with Crippen LogP contribution in [0.2, 0.25) is 0 Å². The molecule has 0 aliphatic rings. The van der Waals surface area contributed by atoms with E-state index in [1.807, 2.05) is 0 Å². The summed E-state index contributed by atoms with van der Waals surface area (Å²) in [5.74, 6) is -0.933. The van der Waals surface area contributed by atoms with Crippen LogP contribution in [-0.2, 0) is 16.3 Å². The Morgan fingerprint density at radius 2 is 1.88 bits per heavy atom. The highest BCUT2D eigenvalue weighted by molar-refractivity contribution is 7.91. The number of hydrogen-bond acceptors (Lipinski definition) is 6. The van der Waals surface area contributed by atoms with Crippen LogP contribution in [0.4, 0.5) is 4.39 Å². The van der Waals surface area contributed by atoms with E-state index in [4.69, 9.17) is 0 Å². The molecule has 34 heavy (non-hydrogen) atoms. The summed E-state index contributed by atoms with van der Waals surface area (Å²) in [6, 6.07) is 13.4. The highest BCUT2D eigenvalue weighted by Gasteiger charge is 2.22. The Kier molecular flexibility index (Phi) is 5.50. The van der Waals surface area contributed by atoms with Gasteiger partial charge in [0.05, 0.1) is 16.8 Å². The van der Waals surface area contributed by atoms with Crippen LogP contribution < -0.4 is 0 Å². The quantitative estimate of drug-likeness (QED) is 0.357. The summed E-state index contributed by atoms with van der Waals surface area (Å²) in [7, 11) is -4.05. The first-order chi connectivity index (χ1) is 16.4. The lowest BCUT2D eigenvalue weighted by Crippen LogP contribution is -2.06. The number of Topliss-reactive ketones (excluding diaryl/α,β-unsaturated/α-hetero) is 1. The van der Waals surface area contributed by atoms with Crippen molar-refractivity contribution in [3.8, 4) is 5.69 Å². The Hall–Kier alpha value is -4.18. The van der Waals surface area contributed by atoms with Crippen LogP contribution in [0, 0.1) is 5.82 Å². The molecule has 0 fully saturated rings. The number of pyridine rings is 1. The second-order valence-corrected chi connectivity index (χ2v) is 9.59. The molecule has 2 aromatic carbocycles. The van der Waals surface area contributed by atoms with Crippen molar-refractivity contribution in [3.63, 3.8) is 0 Å². The zero-order valence-electron chi connectivity index (χ0n) is 17.7. The normalized spacial score (nSPS) is 11.7. The van der Waals surface area contributed by atoms with Crippen LogP contribution in [0.1, 0.15) is 22.3 Å². The number of nitrogens with zero attached hydrogens (tertiary/aromatic N) is 4. The van der Waals surface area contributed by atoms with Crippen LogP contribution >= 0.6 is 0 Å². The molecule has 10 heteroatoms. The number of carbonyl (C=O) groups excluding carboxylic acids is 1. The lowest BCUT2D eigenvalue weighted by Gasteiger charge is -2.09. The average molecular weight is 476 g/mol. The molecule has 3 aromatic heterocycles. The Labute approximate surface area is 194 Å². The van der Waals surface area contributed by atoms with E-state index in [-0.39, 0.29) is 17.1 Å². The van der Waals surface area contributed by atoms with Gasteiger partial charge in [0.1, 0.15) is 10.7 Å². The van der Waals surface area contributed by atoms with E-state index in [0.717, 1.165) is 17.0 Å². The summed E-state index contributed by atoms with van der Waals surface area (Å²) in [5, 5.41) is 11.4. The number of halogens is 1. The molecule has 0 bridgehead atoms. The maximum absolute atomic E-state index is 14.7. The van der Waals surface area contributed by atoms with Gasteiger partial charge >= 0.3 is 0 Å². The van der Waals surface area contributed by atoms with Gasteiger partial charge in [0.2, 0.25) is 9.84 Å². The number of nitrogens with one attached hydrogen (secondary N) is 1. The van der Waals surface area contributed by atoms with Crippen molar-refractivity contribution in [1.82, 2.24) is 25.0 Å².